The van der Waals surface area contributed by atoms with E-state index in [2.05, 4.69) is 15.5 Å². The van der Waals surface area contributed by atoms with Crippen LogP contribution in [0.15, 0.2) is 4.52 Å². The average molecular weight is 243 g/mol. The van der Waals surface area contributed by atoms with Gasteiger partial charge in [0.2, 0.25) is 5.89 Å². The summed E-state index contributed by atoms with van der Waals surface area (Å²) in [5, 5.41) is 7.05. The largest absolute Gasteiger partial charge is 0.383 e. The Kier molecular flexibility index (Phi) is 6.10. The molecule has 0 radical (unpaired) electrons. The lowest BCUT2D eigenvalue weighted by Crippen LogP contribution is -2.32. The number of methoxy groups -OCH3 is 2. The molecule has 0 saturated carbocycles. The van der Waals surface area contributed by atoms with Crippen LogP contribution in [0.4, 0.5) is 0 Å². The van der Waals surface area contributed by atoms with Gasteiger partial charge in [0, 0.05) is 33.1 Å². The summed E-state index contributed by atoms with van der Waals surface area (Å²) in [5.74, 6) is 1.31. The van der Waals surface area contributed by atoms with E-state index in [4.69, 9.17) is 14.0 Å². The van der Waals surface area contributed by atoms with Crippen LogP contribution in [0.2, 0.25) is 0 Å². The molecule has 2 atom stereocenters. The van der Waals surface area contributed by atoms with Gasteiger partial charge in [0.05, 0.1) is 12.7 Å². The minimum absolute atomic E-state index is 0.0968. The van der Waals surface area contributed by atoms with Crippen molar-refractivity contribution in [1.82, 2.24) is 15.5 Å². The van der Waals surface area contributed by atoms with Crippen LogP contribution in [-0.2, 0) is 22.3 Å². The number of nitrogens with one attached hydrogen (secondary N) is 1. The van der Waals surface area contributed by atoms with E-state index >= 15 is 0 Å². The molecule has 0 aromatic carbocycles. The van der Waals surface area contributed by atoms with Crippen LogP contribution in [0, 0.1) is 0 Å². The van der Waals surface area contributed by atoms with Crippen molar-refractivity contribution in [2.45, 2.75) is 31.9 Å². The number of aromatic nitrogens is 2. The minimum atomic E-state index is 0.0968. The zero-order chi connectivity index (χ0) is 12.7. The van der Waals surface area contributed by atoms with Crippen LogP contribution >= 0.6 is 0 Å². The lowest BCUT2D eigenvalue weighted by molar-refractivity contribution is 0.116. The summed E-state index contributed by atoms with van der Waals surface area (Å²) in [6.07, 6.45) is 1.42. The van der Waals surface area contributed by atoms with Crippen molar-refractivity contribution in [3.05, 3.63) is 11.7 Å². The van der Waals surface area contributed by atoms with E-state index in [0.717, 1.165) is 0 Å². The molecular formula is C11H21N3O3. The fourth-order valence-corrected chi connectivity index (χ4v) is 1.45. The first-order valence-corrected chi connectivity index (χ1v) is 5.70. The molecule has 6 heteroatoms. The maximum Gasteiger partial charge on any atom is 0.228 e. The highest BCUT2D eigenvalue weighted by Gasteiger charge is 2.14. The van der Waals surface area contributed by atoms with E-state index in [1.54, 1.807) is 14.2 Å². The summed E-state index contributed by atoms with van der Waals surface area (Å²) in [4.78, 5) is 4.31. The second-order valence-corrected chi connectivity index (χ2v) is 4.00. The smallest absolute Gasteiger partial charge is 0.228 e. The molecule has 1 N–H and O–H groups in total. The van der Waals surface area contributed by atoms with Crippen molar-refractivity contribution in [3.8, 4) is 0 Å². The third-order valence-corrected chi connectivity index (χ3v) is 2.58. The summed E-state index contributed by atoms with van der Waals surface area (Å²) < 4.78 is 15.4. The number of nitrogens with zero attached hydrogens (tertiary/aromatic N) is 2. The average Bonchev–Trinajstić information content (AvgIpc) is 2.75. The summed E-state index contributed by atoms with van der Waals surface area (Å²) in [6, 6.07) is 0.188. The van der Waals surface area contributed by atoms with Gasteiger partial charge in [-0.1, -0.05) is 5.16 Å². The Labute approximate surface area is 102 Å². The fourth-order valence-electron chi connectivity index (χ4n) is 1.45. The van der Waals surface area contributed by atoms with Gasteiger partial charge in [0.15, 0.2) is 5.82 Å². The Morgan fingerprint density at radius 1 is 1.35 bits per heavy atom. The van der Waals surface area contributed by atoms with Crippen LogP contribution in [0.3, 0.4) is 0 Å². The molecule has 1 aromatic heterocycles. The molecule has 1 aromatic rings. The number of hydrogen-bond donors (Lipinski definition) is 1. The van der Waals surface area contributed by atoms with Gasteiger partial charge in [-0.15, -0.1) is 0 Å². The number of ether oxygens (including phenoxy) is 2. The maximum absolute atomic E-state index is 5.18. The van der Waals surface area contributed by atoms with Gasteiger partial charge in [-0.25, -0.2) is 0 Å². The summed E-state index contributed by atoms with van der Waals surface area (Å²) in [7, 11) is 5.22. The Hall–Kier alpha value is -0.980. The van der Waals surface area contributed by atoms with Crippen LogP contribution in [0.25, 0.3) is 0 Å². The van der Waals surface area contributed by atoms with Gasteiger partial charge in [0.25, 0.3) is 0 Å². The summed E-state index contributed by atoms with van der Waals surface area (Å²) in [5.41, 5.74) is 0. The molecule has 17 heavy (non-hydrogen) atoms. The molecule has 0 saturated heterocycles. The minimum Gasteiger partial charge on any atom is -0.383 e. The second-order valence-electron chi connectivity index (χ2n) is 4.00. The predicted octanol–water partition coefficient (Wildman–Crippen LogP) is 0.424. The van der Waals surface area contributed by atoms with Gasteiger partial charge in [0.1, 0.15) is 0 Å². The van der Waals surface area contributed by atoms with Gasteiger partial charge in [-0.05, 0) is 14.0 Å². The number of rotatable bonds is 8. The van der Waals surface area contributed by atoms with Crippen molar-refractivity contribution < 1.29 is 14.0 Å². The normalized spacial score (nSPS) is 14.8. The van der Waals surface area contributed by atoms with E-state index in [-0.39, 0.29) is 12.1 Å². The summed E-state index contributed by atoms with van der Waals surface area (Å²) >= 11 is 0. The first-order valence-electron chi connectivity index (χ1n) is 5.70. The third-order valence-electron chi connectivity index (χ3n) is 2.58. The van der Waals surface area contributed by atoms with Crippen LogP contribution in [-0.4, -0.2) is 50.2 Å². The molecular weight excluding hydrogens is 222 g/mol. The molecule has 0 bridgehead atoms. The highest BCUT2D eigenvalue weighted by molar-refractivity contribution is 4.90. The lowest BCUT2D eigenvalue weighted by atomic mass is 10.2. The van der Waals surface area contributed by atoms with E-state index in [1.807, 2.05) is 14.0 Å². The quantitative estimate of drug-likeness (QED) is 0.714. The lowest BCUT2D eigenvalue weighted by Gasteiger charge is -2.11. The zero-order valence-electron chi connectivity index (χ0n) is 10.9. The molecule has 0 fully saturated rings. The van der Waals surface area contributed by atoms with E-state index < -0.39 is 0 Å². The molecule has 1 heterocycles. The first kappa shape index (κ1) is 14.1. The SMILES string of the molecule is CNC(COC)Cc1nc(CC(C)OC)no1. The second kappa shape index (κ2) is 7.37. The van der Waals surface area contributed by atoms with Crippen molar-refractivity contribution in [2.24, 2.45) is 0 Å². The Balaban J connectivity index is 2.49. The topological polar surface area (TPSA) is 69.4 Å². The van der Waals surface area contributed by atoms with Crippen LogP contribution in [0.5, 0.6) is 0 Å². The van der Waals surface area contributed by atoms with Crippen molar-refractivity contribution in [2.75, 3.05) is 27.9 Å². The van der Waals surface area contributed by atoms with Crippen LogP contribution < -0.4 is 5.32 Å². The molecule has 0 amide bonds. The van der Waals surface area contributed by atoms with Gasteiger partial charge < -0.3 is 19.3 Å². The molecule has 0 aliphatic rings. The van der Waals surface area contributed by atoms with Crippen molar-refractivity contribution in [1.29, 1.82) is 0 Å². The van der Waals surface area contributed by atoms with Gasteiger partial charge in [-0.3, -0.25) is 0 Å². The first-order chi connectivity index (χ1) is 8.19. The molecule has 0 aliphatic heterocycles. The Morgan fingerprint density at radius 3 is 2.71 bits per heavy atom. The standard InChI is InChI=1S/C11H21N3O3/c1-8(16-4)5-10-13-11(17-14-10)6-9(12-2)7-15-3/h8-9,12H,5-7H2,1-4H3. The zero-order valence-corrected chi connectivity index (χ0v) is 10.9. The van der Waals surface area contributed by atoms with E-state index in [0.29, 0.717) is 31.2 Å². The highest BCUT2D eigenvalue weighted by atomic mass is 16.5. The van der Waals surface area contributed by atoms with E-state index in [1.165, 1.54) is 0 Å². The Bertz CT molecular complexity index is 317. The molecule has 0 aliphatic carbocycles. The molecule has 1 rings (SSSR count). The fraction of sp³-hybridized carbons (Fsp3) is 0.818. The van der Waals surface area contributed by atoms with Gasteiger partial charge in [-0.2, -0.15) is 4.98 Å². The van der Waals surface area contributed by atoms with Gasteiger partial charge >= 0.3 is 0 Å². The number of hydrogen-bond acceptors (Lipinski definition) is 6. The molecule has 2 unspecified atom stereocenters. The Morgan fingerprint density at radius 2 is 2.12 bits per heavy atom. The third kappa shape index (κ3) is 4.80. The predicted molar refractivity (Wildman–Crippen MR) is 62.9 cm³/mol. The highest BCUT2D eigenvalue weighted by Crippen LogP contribution is 2.05. The molecule has 6 nitrogen and oxygen atoms in total. The molecule has 0 spiro atoms. The monoisotopic (exact) mass is 243 g/mol. The molecule has 98 valence electrons. The maximum atomic E-state index is 5.18. The number of likely N-dealkylation sites (N-methyl/N-ethyl adjacent to an activating group) is 1. The summed E-state index contributed by atoms with van der Waals surface area (Å²) in [6.45, 7) is 2.58. The van der Waals surface area contributed by atoms with Crippen LogP contribution in [0.1, 0.15) is 18.6 Å². The van der Waals surface area contributed by atoms with E-state index in [9.17, 15) is 0 Å². The van der Waals surface area contributed by atoms with Crippen molar-refractivity contribution in [3.63, 3.8) is 0 Å². The van der Waals surface area contributed by atoms with Crippen molar-refractivity contribution >= 4 is 0 Å².